The van der Waals surface area contributed by atoms with Gasteiger partial charge in [-0.05, 0) is 43.0 Å². The van der Waals surface area contributed by atoms with Crippen molar-refractivity contribution in [2.24, 2.45) is 0 Å². The van der Waals surface area contributed by atoms with Gasteiger partial charge in [0.15, 0.2) is 0 Å². The van der Waals surface area contributed by atoms with E-state index in [0.717, 1.165) is 29.4 Å². The number of carbonyl (C=O) groups excluding carboxylic acids is 1. The van der Waals surface area contributed by atoms with Crippen molar-refractivity contribution >= 4 is 21.8 Å². The highest BCUT2D eigenvalue weighted by Gasteiger charge is 2.28. The van der Waals surface area contributed by atoms with E-state index in [1.54, 1.807) is 6.92 Å². The van der Waals surface area contributed by atoms with Crippen LogP contribution in [-0.4, -0.2) is 21.7 Å². The predicted molar refractivity (Wildman–Crippen MR) is 85.9 cm³/mol. The number of halogens is 1. The number of amides is 1. The van der Waals surface area contributed by atoms with Gasteiger partial charge in [-0.2, -0.15) is 5.10 Å². The Bertz CT molecular complexity index is 635. The molecule has 1 aromatic heterocycles. The lowest BCUT2D eigenvalue weighted by atomic mass is 10.1. The van der Waals surface area contributed by atoms with Crippen LogP contribution >= 0.6 is 15.9 Å². The van der Waals surface area contributed by atoms with Crippen molar-refractivity contribution in [2.75, 3.05) is 0 Å². The van der Waals surface area contributed by atoms with Gasteiger partial charge in [-0.1, -0.05) is 28.1 Å². The van der Waals surface area contributed by atoms with Crippen molar-refractivity contribution in [1.29, 1.82) is 0 Å². The highest BCUT2D eigenvalue weighted by molar-refractivity contribution is 9.10. The second-order valence-corrected chi connectivity index (χ2v) is 6.45. The molecule has 3 rings (SSSR count). The second kappa shape index (κ2) is 6.02. The number of rotatable bonds is 3. The zero-order valence-corrected chi connectivity index (χ0v) is 13.5. The maximum atomic E-state index is 11.2. The van der Waals surface area contributed by atoms with Crippen LogP contribution < -0.4 is 5.32 Å². The molecule has 4 nitrogen and oxygen atoms in total. The van der Waals surface area contributed by atoms with Crippen molar-refractivity contribution in [3.63, 3.8) is 0 Å². The number of carbonyl (C=O) groups is 1. The fourth-order valence-electron chi connectivity index (χ4n) is 3.05. The number of hydrogen-bond acceptors (Lipinski definition) is 2. The molecular weight excluding hydrogens is 330 g/mol. The molecule has 0 saturated heterocycles. The molecule has 1 aliphatic rings. The summed E-state index contributed by atoms with van der Waals surface area (Å²) in [6.45, 7) is 1.58. The molecule has 0 spiro atoms. The molecule has 0 radical (unpaired) electrons. The molecule has 1 saturated carbocycles. The topological polar surface area (TPSA) is 46.9 Å². The van der Waals surface area contributed by atoms with E-state index in [-0.39, 0.29) is 11.9 Å². The van der Waals surface area contributed by atoms with Gasteiger partial charge in [0.25, 0.3) is 0 Å². The Balaban J connectivity index is 1.80. The summed E-state index contributed by atoms with van der Waals surface area (Å²) < 4.78 is 3.18. The van der Waals surface area contributed by atoms with Crippen LogP contribution in [0.3, 0.4) is 0 Å². The van der Waals surface area contributed by atoms with Crippen molar-refractivity contribution in [3.8, 4) is 11.3 Å². The van der Waals surface area contributed by atoms with Crippen molar-refractivity contribution in [1.82, 2.24) is 15.1 Å². The molecule has 1 aromatic carbocycles. The van der Waals surface area contributed by atoms with Gasteiger partial charge in [0.2, 0.25) is 5.91 Å². The van der Waals surface area contributed by atoms with E-state index in [1.807, 2.05) is 18.3 Å². The zero-order valence-electron chi connectivity index (χ0n) is 11.9. The molecule has 21 heavy (non-hydrogen) atoms. The van der Waals surface area contributed by atoms with E-state index in [9.17, 15) is 4.79 Å². The number of nitrogens with zero attached hydrogens (tertiary/aromatic N) is 2. The number of benzene rings is 1. The summed E-state index contributed by atoms with van der Waals surface area (Å²) in [6, 6.07) is 11.0. The Hall–Kier alpha value is -1.62. The molecule has 0 aliphatic heterocycles. The average Bonchev–Trinajstić information content (AvgIpc) is 3.07. The fourth-order valence-corrected chi connectivity index (χ4v) is 3.32. The van der Waals surface area contributed by atoms with Gasteiger partial charge in [0.05, 0.1) is 11.7 Å². The minimum atomic E-state index is 0.0502. The van der Waals surface area contributed by atoms with Crippen molar-refractivity contribution in [3.05, 3.63) is 41.0 Å². The first-order valence-corrected chi connectivity index (χ1v) is 7.99. The van der Waals surface area contributed by atoms with Crippen LogP contribution in [0.2, 0.25) is 0 Å². The predicted octanol–water partition coefficient (Wildman–Crippen LogP) is 3.54. The van der Waals surface area contributed by atoms with E-state index in [1.165, 1.54) is 5.56 Å². The van der Waals surface area contributed by atoms with Crippen LogP contribution in [-0.2, 0) is 4.79 Å². The maximum Gasteiger partial charge on any atom is 0.217 e. The van der Waals surface area contributed by atoms with Crippen molar-refractivity contribution < 1.29 is 4.79 Å². The molecule has 1 N–H and O–H groups in total. The third kappa shape index (κ3) is 3.18. The summed E-state index contributed by atoms with van der Waals surface area (Å²) in [5, 5.41) is 7.52. The SMILES string of the molecule is CC(=O)N[C@H]1CC[C@@H](n2nccc2-c2ccc(Br)cc2)C1. The summed E-state index contributed by atoms with van der Waals surface area (Å²) in [6.07, 6.45) is 4.87. The molecule has 1 amide bonds. The van der Waals surface area contributed by atoms with Crippen LogP contribution in [0.5, 0.6) is 0 Å². The molecule has 110 valence electrons. The van der Waals surface area contributed by atoms with E-state index in [4.69, 9.17) is 0 Å². The molecular formula is C16H18BrN3O. The van der Waals surface area contributed by atoms with Gasteiger partial charge in [-0.3, -0.25) is 9.48 Å². The van der Waals surface area contributed by atoms with Gasteiger partial charge in [-0.15, -0.1) is 0 Å². The third-order valence-electron chi connectivity index (χ3n) is 3.97. The minimum Gasteiger partial charge on any atom is -0.354 e. The number of aromatic nitrogens is 2. The Kier molecular flexibility index (Phi) is 4.10. The van der Waals surface area contributed by atoms with Gasteiger partial charge in [-0.25, -0.2) is 0 Å². The molecule has 2 atom stereocenters. The largest absolute Gasteiger partial charge is 0.354 e. The average molecular weight is 348 g/mol. The van der Waals surface area contributed by atoms with Crippen molar-refractivity contribution in [2.45, 2.75) is 38.3 Å². The smallest absolute Gasteiger partial charge is 0.217 e. The first-order chi connectivity index (χ1) is 10.1. The molecule has 0 unspecified atom stereocenters. The lowest BCUT2D eigenvalue weighted by Crippen LogP contribution is -2.30. The van der Waals surface area contributed by atoms with Crippen LogP contribution in [0.25, 0.3) is 11.3 Å². The Labute approximate surface area is 132 Å². The number of hydrogen-bond donors (Lipinski definition) is 1. The van der Waals surface area contributed by atoms with E-state index < -0.39 is 0 Å². The van der Waals surface area contributed by atoms with E-state index >= 15 is 0 Å². The molecule has 0 bridgehead atoms. The van der Waals surface area contributed by atoms with Crippen LogP contribution in [0.1, 0.15) is 32.2 Å². The summed E-state index contributed by atoms with van der Waals surface area (Å²) >= 11 is 3.46. The fraction of sp³-hybridized carbons (Fsp3) is 0.375. The lowest BCUT2D eigenvalue weighted by molar-refractivity contribution is -0.119. The van der Waals surface area contributed by atoms with Gasteiger partial charge in [0.1, 0.15) is 0 Å². The molecule has 2 aromatic rings. The Morgan fingerprint density at radius 1 is 1.29 bits per heavy atom. The Morgan fingerprint density at radius 2 is 2.05 bits per heavy atom. The van der Waals surface area contributed by atoms with Gasteiger partial charge < -0.3 is 5.32 Å². The second-order valence-electron chi connectivity index (χ2n) is 5.53. The quantitative estimate of drug-likeness (QED) is 0.922. The minimum absolute atomic E-state index is 0.0502. The molecule has 1 heterocycles. The van der Waals surface area contributed by atoms with E-state index in [0.29, 0.717) is 6.04 Å². The maximum absolute atomic E-state index is 11.2. The summed E-state index contributed by atoms with van der Waals surface area (Å²) in [4.78, 5) is 11.2. The molecule has 5 heteroatoms. The lowest BCUT2D eigenvalue weighted by Gasteiger charge is -2.16. The van der Waals surface area contributed by atoms with Crippen LogP contribution in [0, 0.1) is 0 Å². The van der Waals surface area contributed by atoms with Gasteiger partial charge >= 0.3 is 0 Å². The summed E-state index contributed by atoms with van der Waals surface area (Å²) in [5.74, 6) is 0.0502. The highest BCUT2D eigenvalue weighted by atomic mass is 79.9. The van der Waals surface area contributed by atoms with Crippen LogP contribution in [0.4, 0.5) is 0 Å². The standard InChI is InChI=1S/C16H18BrN3O/c1-11(21)19-14-6-7-15(10-14)20-16(8-9-18-20)12-2-4-13(17)5-3-12/h2-5,8-9,14-15H,6-7,10H2,1H3,(H,19,21)/t14-,15+/m0/s1. The first kappa shape index (κ1) is 14.3. The number of nitrogens with one attached hydrogen (secondary N) is 1. The van der Waals surface area contributed by atoms with Crippen LogP contribution in [0.15, 0.2) is 41.0 Å². The highest BCUT2D eigenvalue weighted by Crippen LogP contribution is 2.33. The van der Waals surface area contributed by atoms with E-state index in [2.05, 4.69) is 49.2 Å². The normalized spacial score (nSPS) is 21.4. The zero-order chi connectivity index (χ0) is 14.8. The summed E-state index contributed by atoms with van der Waals surface area (Å²) in [5.41, 5.74) is 2.30. The molecule has 1 aliphatic carbocycles. The summed E-state index contributed by atoms with van der Waals surface area (Å²) in [7, 11) is 0. The van der Waals surface area contributed by atoms with Gasteiger partial charge in [0, 0.05) is 23.6 Å². The Morgan fingerprint density at radius 3 is 2.76 bits per heavy atom. The third-order valence-corrected chi connectivity index (χ3v) is 4.50. The monoisotopic (exact) mass is 347 g/mol. The molecule has 1 fully saturated rings. The first-order valence-electron chi connectivity index (χ1n) is 7.20.